The lowest BCUT2D eigenvalue weighted by Gasteiger charge is -2.06. The van der Waals surface area contributed by atoms with Crippen LogP contribution in [0.25, 0.3) is 0 Å². The molecule has 0 heterocycles. The van der Waals surface area contributed by atoms with E-state index in [4.69, 9.17) is 17.0 Å². The zero-order valence-electron chi connectivity index (χ0n) is 10.2. The van der Waals surface area contributed by atoms with Crippen LogP contribution in [0.4, 0.5) is 5.69 Å². The number of hydrogen-bond donors (Lipinski definition) is 3. The van der Waals surface area contributed by atoms with Crippen molar-refractivity contribution in [2.45, 2.75) is 0 Å². The number of aromatic hydroxyl groups is 1. The van der Waals surface area contributed by atoms with Crippen LogP contribution in [0.3, 0.4) is 0 Å². The third-order valence-corrected chi connectivity index (χ3v) is 2.41. The first-order chi connectivity index (χ1) is 8.99. The van der Waals surface area contributed by atoms with Crippen LogP contribution in [-0.4, -0.2) is 35.5 Å². The van der Waals surface area contributed by atoms with E-state index in [0.717, 1.165) is 6.07 Å². The topological polar surface area (TPSA) is 109 Å². The lowest BCUT2D eigenvalue weighted by molar-refractivity contribution is -0.385. The average Bonchev–Trinajstić information content (AvgIpc) is 2.40. The second-order valence-corrected chi connectivity index (χ2v) is 3.70. The smallest absolute Gasteiger partial charge is 0.274 e. The van der Waals surface area contributed by atoms with Gasteiger partial charge in [-0.15, -0.1) is 0 Å². The second-order valence-electron chi connectivity index (χ2n) is 3.29. The summed E-state index contributed by atoms with van der Waals surface area (Å²) >= 11 is 4.79. The van der Waals surface area contributed by atoms with Crippen molar-refractivity contribution in [3.8, 4) is 11.5 Å². The Hall–Kier alpha value is -2.42. The number of hydrazone groups is 1. The van der Waals surface area contributed by atoms with E-state index in [1.54, 1.807) is 7.05 Å². The highest BCUT2D eigenvalue weighted by atomic mass is 32.1. The highest BCUT2D eigenvalue weighted by Crippen LogP contribution is 2.33. The minimum absolute atomic E-state index is 0.00755. The Balaban J connectivity index is 3.08. The highest BCUT2D eigenvalue weighted by Gasteiger charge is 2.15. The Morgan fingerprint density at radius 3 is 2.84 bits per heavy atom. The molecule has 0 saturated carbocycles. The van der Waals surface area contributed by atoms with Crippen molar-refractivity contribution in [2.24, 2.45) is 5.10 Å². The number of ether oxygens (including phenoxy) is 1. The second kappa shape index (κ2) is 6.50. The average molecular weight is 284 g/mol. The van der Waals surface area contributed by atoms with Crippen LogP contribution in [0.15, 0.2) is 17.2 Å². The molecule has 0 saturated heterocycles. The first-order valence-electron chi connectivity index (χ1n) is 5.05. The minimum atomic E-state index is -0.592. The fourth-order valence-corrected chi connectivity index (χ4v) is 1.24. The SMILES string of the molecule is CNC(=S)NN=Cc1cc([N+](=O)[O-])cc(OC)c1O. The summed E-state index contributed by atoms with van der Waals surface area (Å²) in [4.78, 5) is 10.1. The van der Waals surface area contributed by atoms with Gasteiger partial charge in [0, 0.05) is 18.7 Å². The molecule has 1 aromatic rings. The van der Waals surface area contributed by atoms with Crippen molar-refractivity contribution in [1.82, 2.24) is 10.7 Å². The summed E-state index contributed by atoms with van der Waals surface area (Å²) in [5.74, 6) is -0.249. The van der Waals surface area contributed by atoms with Crippen molar-refractivity contribution < 1.29 is 14.8 Å². The zero-order chi connectivity index (χ0) is 14.4. The van der Waals surface area contributed by atoms with E-state index in [2.05, 4.69) is 15.8 Å². The molecular weight excluding hydrogens is 272 g/mol. The molecule has 0 aliphatic heterocycles. The molecule has 9 heteroatoms. The van der Waals surface area contributed by atoms with Gasteiger partial charge in [0.15, 0.2) is 16.6 Å². The van der Waals surface area contributed by atoms with E-state index >= 15 is 0 Å². The van der Waals surface area contributed by atoms with Crippen LogP contribution in [0.1, 0.15) is 5.56 Å². The van der Waals surface area contributed by atoms with E-state index < -0.39 is 4.92 Å². The third-order valence-electron chi connectivity index (χ3n) is 2.12. The number of benzene rings is 1. The molecule has 0 aromatic heterocycles. The van der Waals surface area contributed by atoms with E-state index in [1.807, 2.05) is 0 Å². The number of nitro groups is 1. The molecule has 0 radical (unpaired) electrons. The van der Waals surface area contributed by atoms with Crippen molar-refractivity contribution in [3.05, 3.63) is 27.8 Å². The van der Waals surface area contributed by atoms with Crippen LogP contribution in [0, 0.1) is 10.1 Å². The molecule has 1 rings (SSSR count). The van der Waals surface area contributed by atoms with Crippen molar-refractivity contribution in [3.63, 3.8) is 0 Å². The van der Waals surface area contributed by atoms with Gasteiger partial charge >= 0.3 is 0 Å². The molecule has 0 atom stereocenters. The van der Waals surface area contributed by atoms with Crippen molar-refractivity contribution in [1.29, 1.82) is 0 Å². The molecular formula is C10H12N4O4S. The Kier molecular flexibility index (Phi) is 5.01. The monoisotopic (exact) mass is 284 g/mol. The lowest BCUT2D eigenvalue weighted by Crippen LogP contribution is -2.28. The van der Waals surface area contributed by atoms with E-state index in [1.165, 1.54) is 19.4 Å². The van der Waals surface area contributed by atoms with Gasteiger partial charge in [-0.25, -0.2) is 0 Å². The van der Waals surface area contributed by atoms with Gasteiger partial charge in [-0.1, -0.05) is 0 Å². The van der Waals surface area contributed by atoms with Gasteiger partial charge in [-0.05, 0) is 12.2 Å². The maximum absolute atomic E-state index is 10.7. The summed E-state index contributed by atoms with van der Waals surface area (Å²) in [6, 6.07) is 2.30. The number of methoxy groups -OCH3 is 1. The Bertz CT molecular complexity index is 533. The third kappa shape index (κ3) is 3.78. The largest absolute Gasteiger partial charge is 0.504 e. The fraction of sp³-hybridized carbons (Fsp3) is 0.200. The van der Waals surface area contributed by atoms with Crippen LogP contribution < -0.4 is 15.5 Å². The van der Waals surface area contributed by atoms with Crippen LogP contribution in [0.5, 0.6) is 11.5 Å². The van der Waals surface area contributed by atoms with Gasteiger partial charge < -0.3 is 15.2 Å². The molecule has 0 unspecified atom stereocenters. The number of non-ortho nitro benzene ring substituents is 1. The molecule has 3 N–H and O–H groups in total. The Morgan fingerprint density at radius 2 is 2.32 bits per heavy atom. The summed E-state index contributed by atoms with van der Waals surface area (Å²) in [5.41, 5.74) is 2.38. The fourth-order valence-electron chi connectivity index (χ4n) is 1.19. The van der Waals surface area contributed by atoms with E-state index in [-0.39, 0.29) is 27.9 Å². The molecule has 0 spiro atoms. The normalized spacial score (nSPS) is 10.2. The standard InChI is InChI=1S/C10H12N4O4S/c1-11-10(19)13-12-5-6-3-7(14(16)17)4-8(18-2)9(6)15/h3-5,15H,1-2H3,(H2,11,13,19). The summed E-state index contributed by atoms with van der Waals surface area (Å²) in [6.45, 7) is 0. The molecule has 0 amide bonds. The number of hydrogen-bond acceptors (Lipinski definition) is 6. The highest BCUT2D eigenvalue weighted by molar-refractivity contribution is 7.80. The maximum Gasteiger partial charge on any atom is 0.274 e. The first kappa shape index (κ1) is 14.6. The number of nitro benzene ring substituents is 1. The Morgan fingerprint density at radius 1 is 1.63 bits per heavy atom. The quantitative estimate of drug-likeness (QED) is 0.324. The number of nitrogens with zero attached hydrogens (tertiary/aromatic N) is 2. The van der Waals surface area contributed by atoms with Gasteiger partial charge in [-0.3, -0.25) is 15.5 Å². The number of thiocarbonyl (C=S) groups is 1. The summed E-state index contributed by atoms with van der Waals surface area (Å²) in [7, 11) is 2.91. The molecule has 0 aliphatic rings. The molecule has 8 nitrogen and oxygen atoms in total. The van der Waals surface area contributed by atoms with Crippen LogP contribution in [0.2, 0.25) is 0 Å². The molecule has 19 heavy (non-hydrogen) atoms. The maximum atomic E-state index is 10.7. The predicted molar refractivity (Wildman–Crippen MR) is 73.7 cm³/mol. The number of phenols is 1. The number of nitrogens with one attached hydrogen (secondary N) is 2. The van der Waals surface area contributed by atoms with Crippen LogP contribution in [-0.2, 0) is 0 Å². The molecule has 0 fully saturated rings. The van der Waals surface area contributed by atoms with Crippen LogP contribution >= 0.6 is 12.2 Å². The van der Waals surface area contributed by atoms with E-state index in [9.17, 15) is 15.2 Å². The Labute approximate surface area is 114 Å². The summed E-state index contributed by atoms with van der Waals surface area (Å²) in [6.07, 6.45) is 1.20. The lowest BCUT2D eigenvalue weighted by atomic mass is 10.2. The number of phenolic OH excluding ortho intramolecular Hbond substituents is 1. The molecule has 1 aromatic carbocycles. The van der Waals surface area contributed by atoms with Gasteiger partial charge in [0.05, 0.1) is 24.3 Å². The minimum Gasteiger partial charge on any atom is -0.504 e. The summed E-state index contributed by atoms with van der Waals surface area (Å²) in [5, 5.41) is 27.2. The molecule has 0 bridgehead atoms. The van der Waals surface area contributed by atoms with E-state index in [0.29, 0.717) is 0 Å². The zero-order valence-corrected chi connectivity index (χ0v) is 11.0. The molecule has 0 aliphatic carbocycles. The van der Waals surface area contributed by atoms with Crippen molar-refractivity contribution >= 4 is 29.2 Å². The first-order valence-corrected chi connectivity index (χ1v) is 5.46. The van der Waals surface area contributed by atoms with Crippen molar-refractivity contribution in [2.75, 3.05) is 14.2 Å². The molecule has 102 valence electrons. The van der Waals surface area contributed by atoms with Gasteiger partial charge in [-0.2, -0.15) is 5.10 Å². The predicted octanol–water partition coefficient (Wildman–Crippen LogP) is 0.737. The number of rotatable bonds is 4. The summed E-state index contributed by atoms with van der Waals surface area (Å²) < 4.78 is 4.85. The van der Waals surface area contributed by atoms with Gasteiger partial charge in [0.25, 0.3) is 5.69 Å². The van der Waals surface area contributed by atoms with Gasteiger partial charge in [0.2, 0.25) is 0 Å². The van der Waals surface area contributed by atoms with Gasteiger partial charge in [0.1, 0.15) is 0 Å².